The molecule has 5 rings (SSSR count). The van der Waals surface area contributed by atoms with E-state index in [2.05, 4.69) is 30.4 Å². The van der Waals surface area contributed by atoms with Crippen LogP contribution < -0.4 is 16.4 Å². The average Bonchev–Trinajstić information content (AvgIpc) is 3.24. The number of amides is 2. The fraction of sp³-hybridized carbons (Fsp3) is 0.458. The smallest absolute Gasteiger partial charge is 0.324 e. The molecule has 35 heavy (non-hydrogen) atoms. The van der Waals surface area contributed by atoms with E-state index < -0.39 is 6.03 Å². The Labute approximate surface area is 212 Å². The number of hydrogen-bond acceptors (Lipinski definition) is 8. The zero-order valence-electron chi connectivity index (χ0n) is 19.6. The highest BCUT2D eigenvalue weighted by atomic mass is 32.2. The van der Waals surface area contributed by atoms with E-state index in [1.807, 2.05) is 24.4 Å². The van der Waals surface area contributed by atoms with Crippen molar-refractivity contribution in [2.24, 2.45) is 11.7 Å². The summed E-state index contributed by atoms with van der Waals surface area (Å²) in [5.74, 6) is 1.60. The number of benzene rings is 1. The first-order chi connectivity index (χ1) is 17.0. The molecule has 11 heteroatoms. The number of aryl methyl sites for hydroxylation is 1. The van der Waals surface area contributed by atoms with Crippen LogP contribution in [-0.4, -0.2) is 31.6 Å². The number of rotatable bonds is 9. The minimum atomic E-state index is -0.413. The Kier molecular flexibility index (Phi) is 7.17. The number of nitrogens with zero attached hydrogens (tertiary/aromatic N) is 4. The van der Waals surface area contributed by atoms with Gasteiger partial charge in [-0.3, -0.25) is 10.1 Å². The van der Waals surface area contributed by atoms with Gasteiger partial charge in [0.2, 0.25) is 0 Å². The lowest BCUT2D eigenvalue weighted by Crippen LogP contribution is -2.22. The van der Waals surface area contributed by atoms with Gasteiger partial charge in [0.1, 0.15) is 5.82 Å². The average molecular weight is 512 g/mol. The summed E-state index contributed by atoms with van der Waals surface area (Å²) in [4.78, 5) is 30.3. The van der Waals surface area contributed by atoms with Crippen molar-refractivity contribution in [1.29, 1.82) is 0 Å². The number of ketones is 1. The highest BCUT2D eigenvalue weighted by molar-refractivity contribution is 7.98. The Hall–Kier alpha value is -2.76. The van der Waals surface area contributed by atoms with Gasteiger partial charge in [0, 0.05) is 28.7 Å². The van der Waals surface area contributed by atoms with Crippen molar-refractivity contribution in [2.75, 3.05) is 10.6 Å². The molecule has 2 heterocycles. The second-order valence-electron chi connectivity index (χ2n) is 9.11. The lowest BCUT2D eigenvalue weighted by Gasteiger charge is -2.14. The molecular weight excluding hydrogens is 482 g/mol. The molecule has 4 N–H and O–H groups in total. The maximum Gasteiger partial charge on any atom is 0.325 e. The number of thiazole rings is 1. The molecule has 1 aromatic carbocycles. The van der Waals surface area contributed by atoms with Crippen LogP contribution in [-0.2, 0) is 12.3 Å². The molecule has 0 atom stereocenters. The Morgan fingerprint density at radius 3 is 2.71 bits per heavy atom. The lowest BCUT2D eigenvalue weighted by atomic mass is 9.94. The fourth-order valence-corrected chi connectivity index (χ4v) is 6.17. The van der Waals surface area contributed by atoms with E-state index in [-0.39, 0.29) is 11.7 Å². The molecule has 0 aliphatic heterocycles. The number of aromatic nitrogens is 4. The van der Waals surface area contributed by atoms with Crippen molar-refractivity contribution in [3.05, 3.63) is 46.2 Å². The van der Waals surface area contributed by atoms with Crippen molar-refractivity contribution in [1.82, 2.24) is 19.7 Å². The predicted molar refractivity (Wildman–Crippen MR) is 138 cm³/mol. The van der Waals surface area contributed by atoms with E-state index in [9.17, 15) is 9.59 Å². The number of carbonyl (C=O) groups excluding carboxylic acids is 2. The van der Waals surface area contributed by atoms with Crippen LogP contribution >= 0.6 is 23.1 Å². The molecule has 0 radical (unpaired) electrons. The molecule has 0 saturated heterocycles. The summed E-state index contributed by atoms with van der Waals surface area (Å²) in [6.45, 7) is 2.33. The van der Waals surface area contributed by atoms with Crippen LogP contribution in [0.4, 0.5) is 15.6 Å². The Morgan fingerprint density at radius 1 is 1.17 bits per heavy atom. The lowest BCUT2D eigenvalue weighted by molar-refractivity contribution is 0.0923. The summed E-state index contributed by atoms with van der Waals surface area (Å²) in [5.41, 5.74) is 8.76. The number of carbonyl (C=O) groups is 2. The van der Waals surface area contributed by atoms with E-state index in [0.29, 0.717) is 34.7 Å². The van der Waals surface area contributed by atoms with Crippen LogP contribution in [0.1, 0.15) is 72.0 Å². The third kappa shape index (κ3) is 5.57. The van der Waals surface area contributed by atoms with E-state index >= 15 is 0 Å². The van der Waals surface area contributed by atoms with Crippen LogP contribution in [0.25, 0.3) is 0 Å². The third-order valence-corrected chi connectivity index (χ3v) is 8.15. The zero-order chi connectivity index (χ0) is 24.4. The first-order valence-electron chi connectivity index (χ1n) is 12.0. The van der Waals surface area contributed by atoms with Crippen LogP contribution in [0.2, 0.25) is 0 Å². The van der Waals surface area contributed by atoms with Gasteiger partial charge in [-0.2, -0.15) is 0 Å². The van der Waals surface area contributed by atoms with Gasteiger partial charge in [-0.25, -0.2) is 9.78 Å². The molecule has 2 aliphatic carbocycles. The maximum absolute atomic E-state index is 13.0. The number of hydrogen-bond donors (Lipinski definition) is 3. The second kappa shape index (κ2) is 10.5. The number of thioether (sulfide) groups is 1. The number of urea groups is 1. The van der Waals surface area contributed by atoms with Crippen LogP contribution in [0, 0.1) is 12.8 Å². The monoisotopic (exact) mass is 511 g/mol. The van der Waals surface area contributed by atoms with Crippen LogP contribution in [0.5, 0.6) is 0 Å². The first kappa shape index (κ1) is 24.0. The van der Waals surface area contributed by atoms with Gasteiger partial charge in [-0.1, -0.05) is 36.2 Å². The number of anilines is 2. The van der Waals surface area contributed by atoms with Crippen molar-refractivity contribution in [3.63, 3.8) is 0 Å². The minimum absolute atomic E-state index is 0.0473. The van der Waals surface area contributed by atoms with Crippen LogP contribution in [0.3, 0.4) is 0 Å². The molecule has 2 saturated carbocycles. The Morgan fingerprint density at radius 2 is 1.97 bits per heavy atom. The van der Waals surface area contributed by atoms with Crippen molar-refractivity contribution in [3.8, 4) is 0 Å². The van der Waals surface area contributed by atoms with E-state index in [4.69, 9.17) is 5.73 Å². The molecule has 9 nitrogen and oxygen atoms in total. The minimum Gasteiger partial charge on any atom is -0.324 e. The molecule has 2 aliphatic rings. The Balaban J connectivity index is 1.20. The molecule has 184 valence electrons. The summed E-state index contributed by atoms with van der Waals surface area (Å²) in [6, 6.07) is 5.60. The van der Waals surface area contributed by atoms with Crippen molar-refractivity contribution >= 4 is 45.7 Å². The molecule has 2 aromatic heterocycles. The van der Waals surface area contributed by atoms with Gasteiger partial charge in [0.05, 0.1) is 17.9 Å². The highest BCUT2D eigenvalue weighted by Gasteiger charge is 2.29. The Bertz CT molecular complexity index is 1230. The summed E-state index contributed by atoms with van der Waals surface area (Å²) in [7, 11) is 0. The molecule has 0 unspecified atom stereocenters. The van der Waals surface area contributed by atoms with Gasteiger partial charge in [-0.15, -0.1) is 21.5 Å². The van der Waals surface area contributed by atoms with Crippen molar-refractivity contribution < 1.29 is 9.59 Å². The summed E-state index contributed by atoms with van der Waals surface area (Å²) in [6.07, 6.45) is 6.28. The molecular formula is C24H29N7O2S2. The number of Topliss-reactive ketones (excluding diaryl/α,β-unsaturated/α-hetero) is 1. The highest BCUT2D eigenvalue weighted by Crippen LogP contribution is 2.39. The quantitative estimate of drug-likeness (QED) is 0.268. The van der Waals surface area contributed by atoms with Crippen LogP contribution in [0.15, 0.2) is 28.7 Å². The SMILES string of the molecule is Cc1ccc(NC(=O)Nc2nc(CSc3nnc(CN)n3C3CC3)cs2)c(C(=O)C2CCCC2)c1. The maximum atomic E-state index is 13.0. The molecule has 0 bridgehead atoms. The fourth-order valence-electron chi connectivity index (χ4n) is 4.44. The second-order valence-corrected chi connectivity index (χ2v) is 10.9. The molecule has 0 spiro atoms. The topological polar surface area (TPSA) is 128 Å². The summed E-state index contributed by atoms with van der Waals surface area (Å²) in [5, 5.41) is 17.4. The van der Waals surface area contributed by atoms with Gasteiger partial charge in [-0.05, 0) is 44.7 Å². The van der Waals surface area contributed by atoms with Gasteiger partial charge < -0.3 is 15.6 Å². The summed E-state index contributed by atoms with van der Waals surface area (Å²) >= 11 is 2.93. The van der Waals surface area contributed by atoms with E-state index in [1.54, 1.807) is 17.8 Å². The van der Waals surface area contributed by atoms with Gasteiger partial charge in [0.15, 0.2) is 16.1 Å². The first-order valence-corrected chi connectivity index (χ1v) is 13.8. The summed E-state index contributed by atoms with van der Waals surface area (Å²) < 4.78 is 2.13. The zero-order valence-corrected chi connectivity index (χ0v) is 21.3. The van der Waals surface area contributed by atoms with Gasteiger partial charge in [0.25, 0.3) is 0 Å². The molecule has 3 aromatic rings. The third-order valence-electron chi connectivity index (χ3n) is 6.37. The normalized spacial score (nSPS) is 15.9. The largest absolute Gasteiger partial charge is 0.325 e. The van der Waals surface area contributed by atoms with Gasteiger partial charge >= 0.3 is 6.03 Å². The molecule has 2 fully saturated rings. The number of nitrogens with one attached hydrogen (secondary N) is 2. The molecule has 2 amide bonds. The van der Waals surface area contributed by atoms with E-state index in [0.717, 1.165) is 60.8 Å². The van der Waals surface area contributed by atoms with Crippen molar-refractivity contribution in [2.45, 2.75) is 68.9 Å². The predicted octanol–water partition coefficient (Wildman–Crippen LogP) is 5.15. The standard InChI is InChI=1S/C24H29N7O2S2/c1-14-6-9-19(18(10-14)21(32)15-4-2-3-5-15)27-22(33)28-23-26-16(12-34-23)13-35-24-30-29-20(11-25)31(24)17-7-8-17/h6,9-10,12,15,17H,2-5,7-8,11,13,25H2,1H3,(H2,26,27,28,33). The van der Waals surface area contributed by atoms with E-state index in [1.165, 1.54) is 11.3 Å². The number of nitrogens with two attached hydrogens (primary N) is 1.